The van der Waals surface area contributed by atoms with Crippen molar-refractivity contribution in [3.63, 3.8) is 0 Å². The molecule has 30 heavy (non-hydrogen) atoms. The highest BCUT2D eigenvalue weighted by molar-refractivity contribution is 7.93. The summed E-state index contributed by atoms with van der Waals surface area (Å²) in [5, 5.41) is 0.511. The number of ether oxygens (including phenoxy) is 1. The lowest BCUT2D eigenvalue weighted by Gasteiger charge is -2.30. The van der Waals surface area contributed by atoms with Gasteiger partial charge in [0.25, 0.3) is 10.0 Å². The van der Waals surface area contributed by atoms with Gasteiger partial charge in [0.1, 0.15) is 5.75 Å². The van der Waals surface area contributed by atoms with E-state index in [-0.39, 0.29) is 22.8 Å². The second kappa shape index (κ2) is 7.55. The molecule has 1 aromatic heterocycles. The molecule has 0 unspecified atom stereocenters. The third-order valence-electron chi connectivity index (χ3n) is 5.34. The molecule has 1 aliphatic heterocycles. The maximum atomic E-state index is 13.9. The summed E-state index contributed by atoms with van der Waals surface area (Å²) in [6.45, 7) is 1.87. The van der Waals surface area contributed by atoms with Crippen LogP contribution >= 0.6 is 0 Å². The van der Waals surface area contributed by atoms with E-state index in [4.69, 9.17) is 4.74 Å². The number of nitrogens with zero attached hydrogens (tertiary/aromatic N) is 2. The maximum Gasteiger partial charge on any atom is 0.265 e. The molecule has 4 rings (SSSR count). The Morgan fingerprint density at radius 2 is 1.83 bits per heavy atom. The van der Waals surface area contributed by atoms with Gasteiger partial charge in [-0.2, -0.15) is 0 Å². The van der Waals surface area contributed by atoms with Crippen LogP contribution < -0.4 is 9.04 Å². The SMILES string of the molecule is COc1ccc(N([C@@H]2CCS(=O)(=O)C2)S(=O)(=O)c2ccc(C)c3ncccc23)cc1. The predicted octanol–water partition coefficient (Wildman–Crippen LogP) is 2.93. The van der Waals surface area contributed by atoms with Gasteiger partial charge < -0.3 is 4.74 Å². The highest BCUT2D eigenvalue weighted by Crippen LogP contribution is 2.34. The van der Waals surface area contributed by atoms with Crippen LogP contribution in [0.4, 0.5) is 5.69 Å². The molecule has 0 saturated carbocycles. The molecule has 9 heteroatoms. The van der Waals surface area contributed by atoms with E-state index in [1.807, 2.05) is 6.92 Å². The summed E-state index contributed by atoms with van der Waals surface area (Å²) < 4.78 is 58.5. The number of sulfonamides is 1. The Morgan fingerprint density at radius 3 is 2.47 bits per heavy atom. The van der Waals surface area contributed by atoms with Gasteiger partial charge in [-0.15, -0.1) is 0 Å². The molecule has 3 aromatic rings. The zero-order chi connectivity index (χ0) is 21.5. The van der Waals surface area contributed by atoms with Crippen LogP contribution in [0.15, 0.2) is 59.6 Å². The van der Waals surface area contributed by atoms with Gasteiger partial charge in [0.05, 0.1) is 40.8 Å². The normalized spacial score (nSPS) is 18.4. The van der Waals surface area contributed by atoms with Crippen LogP contribution in [0.1, 0.15) is 12.0 Å². The second-order valence-corrected chi connectivity index (χ2v) is 11.3. The first-order chi connectivity index (χ1) is 14.2. The van der Waals surface area contributed by atoms with Crippen LogP contribution in [-0.2, 0) is 19.9 Å². The topological polar surface area (TPSA) is 93.6 Å². The first-order valence-corrected chi connectivity index (χ1v) is 12.7. The maximum absolute atomic E-state index is 13.9. The van der Waals surface area contributed by atoms with Crippen molar-refractivity contribution in [1.29, 1.82) is 0 Å². The minimum absolute atomic E-state index is 0.0317. The molecule has 2 heterocycles. The summed E-state index contributed by atoms with van der Waals surface area (Å²) in [4.78, 5) is 4.44. The fourth-order valence-corrected chi connectivity index (χ4v) is 7.51. The minimum atomic E-state index is -4.06. The van der Waals surface area contributed by atoms with Crippen molar-refractivity contribution < 1.29 is 21.6 Å². The molecule has 0 bridgehead atoms. The summed E-state index contributed by atoms with van der Waals surface area (Å²) in [5.41, 5.74) is 1.87. The monoisotopic (exact) mass is 446 g/mol. The number of hydrogen-bond acceptors (Lipinski definition) is 6. The van der Waals surface area contributed by atoms with Gasteiger partial charge in [0.15, 0.2) is 9.84 Å². The standard InChI is InChI=1S/C21H22N2O5S2/c1-15-5-10-20(19-4-3-12-22-21(15)19)30(26,27)23(17-11-13-29(24,25)14-17)16-6-8-18(28-2)9-7-16/h3-10,12,17H,11,13-14H2,1-2H3/t17-/m1/s1. The molecule has 0 aliphatic carbocycles. The number of fused-ring (bicyclic) bond motifs is 1. The highest BCUT2D eigenvalue weighted by Gasteiger charge is 2.39. The van der Waals surface area contributed by atoms with Crippen molar-refractivity contribution in [2.75, 3.05) is 22.9 Å². The molecule has 0 N–H and O–H groups in total. The predicted molar refractivity (Wildman–Crippen MR) is 116 cm³/mol. The molecular formula is C21H22N2O5S2. The van der Waals surface area contributed by atoms with Crippen LogP contribution in [0.2, 0.25) is 0 Å². The number of aromatic nitrogens is 1. The Hall–Kier alpha value is -2.65. The lowest BCUT2D eigenvalue weighted by Crippen LogP contribution is -2.41. The number of benzene rings is 2. The summed E-state index contributed by atoms with van der Waals surface area (Å²) in [6.07, 6.45) is 1.87. The molecule has 1 fully saturated rings. The molecule has 2 aromatic carbocycles. The smallest absolute Gasteiger partial charge is 0.265 e. The van der Waals surface area contributed by atoms with Crippen LogP contribution in [-0.4, -0.2) is 46.5 Å². The number of methoxy groups -OCH3 is 1. The Morgan fingerprint density at radius 1 is 1.10 bits per heavy atom. The van der Waals surface area contributed by atoms with Gasteiger partial charge in [-0.05, 0) is 61.4 Å². The molecule has 1 atom stereocenters. The van der Waals surface area contributed by atoms with Gasteiger partial charge in [-0.3, -0.25) is 9.29 Å². The second-order valence-electron chi connectivity index (χ2n) is 7.34. The zero-order valence-corrected chi connectivity index (χ0v) is 18.3. The van der Waals surface area contributed by atoms with E-state index in [0.29, 0.717) is 22.3 Å². The summed E-state index contributed by atoms with van der Waals surface area (Å²) >= 11 is 0. The fourth-order valence-electron chi connectivity index (χ4n) is 3.85. The molecule has 1 saturated heterocycles. The van der Waals surface area contributed by atoms with Gasteiger partial charge in [-0.1, -0.05) is 6.07 Å². The summed E-state index contributed by atoms with van der Waals surface area (Å²) in [5.74, 6) is 0.344. The molecule has 7 nitrogen and oxygen atoms in total. The lowest BCUT2D eigenvalue weighted by atomic mass is 10.1. The minimum Gasteiger partial charge on any atom is -0.497 e. The van der Waals surface area contributed by atoms with E-state index in [9.17, 15) is 16.8 Å². The Labute approximate surface area is 176 Å². The molecule has 0 amide bonds. The van der Waals surface area contributed by atoms with Crippen molar-refractivity contribution in [2.24, 2.45) is 0 Å². The van der Waals surface area contributed by atoms with E-state index in [2.05, 4.69) is 4.98 Å². The highest BCUT2D eigenvalue weighted by atomic mass is 32.2. The Balaban J connectivity index is 1.91. The van der Waals surface area contributed by atoms with Crippen LogP contribution in [0.3, 0.4) is 0 Å². The van der Waals surface area contributed by atoms with E-state index in [0.717, 1.165) is 5.56 Å². The first-order valence-electron chi connectivity index (χ1n) is 9.46. The molecule has 0 radical (unpaired) electrons. The number of aryl methyl sites for hydroxylation is 1. The Bertz CT molecular complexity index is 1300. The van der Waals surface area contributed by atoms with Gasteiger partial charge >= 0.3 is 0 Å². The number of anilines is 1. The van der Waals surface area contributed by atoms with Crippen molar-refractivity contribution in [3.8, 4) is 5.75 Å². The number of sulfone groups is 1. The third kappa shape index (κ3) is 3.63. The number of pyridine rings is 1. The third-order valence-corrected chi connectivity index (χ3v) is 9.02. The average Bonchev–Trinajstić information content (AvgIpc) is 3.07. The molecule has 0 spiro atoms. The van der Waals surface area contributed by atoms with Crippen LogP contribution in [0.5, 0.6) is 5.75 Å². The lowest BCUT2D eigenvalue weighted by molar-refractivity contribution is 0.415. The van der Waals surface area contributed by atoms with Crippen molar-refractivity contribution in [1.82, 2.24) is 4.98 Å². The van der Waals surface area contributed by atoms with Crippen molar-refractivity contribution in [2.45, 2.75) is 24.3 Å². The largest absolute Gasteiger partial charge is 0.497 e. The van der Waals surface area contributed by atoms with E-state index in [1.165, 1.54) is 11.4 Å². The van der Waals surface area contributed by atoms with Gasteiger partial charge in [0.2, 0.25) is 0 Å². The van der Waals surface area contributed by atoms with Crippen LogP contribution in [0, 0.1) is 6.92 Å². The first kappa shape index (κ1) is 20.6. The van der Waals surface area contributed by atoms with E-state index < -0.39 is 25.9 Å². The summed E-state index contributed by atoms with van der Waals surface area (Å²) in [7, 11) is -5.83. The zero-order valence-electron chi connectivity index (χ0n) is 16.6. The summed E-state index contributed by atoms with van der Waals surface area (Å²) in [6, 6.07) is 12.6. The fraction of sp³-hybridized carbons (Fsp3) is 0.286. The number of rotatable bonds is 5. The number of hydrogen-bond donors (Lipinski definition) is 0. The molecular weight excluding hydrogens is 424 g/mol. The van der Waals surface area contributed by atoms with E-state index in [1.54, 1.807) is 54.7 Å². The Kier molecular flexibility index (Phi) is 5.19. The van der Waals surface area contributed by atoms with Crippen LogP contribution in [0.25, 0.3) is 10.9 Å². The molecule has 158 valence electrons. The molecule has 1 aliphatic rings. The van der Waals surface area contributed by atoms with E-state index >= 15 is 0 Å². The quantitative estimate of drug-likeness (QED) is 0.598. The van der Waals surface area contributed by atoms with Gasteiger partial charge in [0, 0.05) is 11.6 Å². The van der Waals surface area contributed by atoms with Crippen molar-refractivity contribution in [3.05, 3.63) is 60.3 Å². The van der Waals surface area contributed by atoms with Crippen molar-refractivity contribution >= 4 is 36.5 Å². The average molecular weight is 447 g/mol. The van der Waals surface area contributed by atoms with Gasteiger partial charge in [-0.25, -0.2) is 16.8 Å².